The molecular weight excluding hydrogens is 480 g/mol. The molecule has 0 aliphatic heterocycles. The summed E-state index contributed by atoms with van der Waals surface area (Å²) < 4.78 is 9.42. The number of aromatic nitrogens is 6. The van der Waals surface area contributed by atoms with Crippen LogP contribution in [0.2, 0.25) is 0 Å². The highest BCUT2D eigenvalue weighted by atomic mass is 16.5. The van der Waals surface area contributed by atoms with Gasteiger partial charge in [-0.15, -0.1) is 5.10 Å². The van der Waals surface area contributed by atoms with E-state index in [0.29, 0.717) is 12.3 Å². The van der Waals surface area contributed by atoms with Crippen molar-refractivity contribution >= 4 is 39.9 Å². The summed E-state index contributed by atoms with van der Waals surface area (Å²) in [4.78, 5) is 16.4. The number of nitrogens with zero attached hydrogens (tertiary/aromatic N) is 6. The predicted octanol–water partition coefficient (Wildman–Crippen LogP) is 5.13. The zero-order valence-corrected chi connectivity index (χ0v) is 20.2. The predicted molar refractivity (Wildman–Crippen MR) is 144 cm³/mol. The van der Waals surface area contributed by atoms with Crippen molar-refractivity contribution in [3.05, 3.63) is 114 Å². The fraction of sp³-hybridized carbons (Fsp3) is 0.0690. The number of pyridine rings is 1. The van der Waals surface area contributed by atoms with Gasteiger partial charge < -0.3 is 14.4 Å². The molecule has 0 atom stereocenters. The molecule has 0 saturated carbocycles. The first-order chi connectivity index (χ1) is 18.6. The van der Waals surface area contributed by atoms with Gasteiger partial charge in [0.1, 0.15) is 12.1 Å². The third kappa shape index (κ3) is 4.85. The Morgan fingerprint density at radius 2 is 1.87 bits per heavy atom. The lowest BCUT2D eigenvalue weighted by atomic mass is 10.1. The highest BCUT2D eigenvalue weighted by molar-refractivity contribution is 5.96. The minimum absolute atomic E-state index is 0.0550. The molecule has 6 aromatic rings. The third-order valence-corrected chi connectivity index (χ3v) is 6.19. The van der Waals surface area contributed by atoms with Crippen LogP contribution >= 0.6 is 0 Å². The number of fused-ring (bicyclic) bond motifs is 2. The maximum Gasteiger partial charge on any atom is 0.335 e. The van der Waals surface area contributed by atoms with Crippen LogP contribution in [0.15, 0.2) is 91.4 Å². The van der Waals surface area contributed by atoms with Crippen LogP contribution in [0.1, 0.15) is 27.2 Å². The van der Waals surface area contributed by atoms with Gasteiger partial charge in [-0.2, -0.15) is 4.68 Å². The maximum absolute atomic E-state index is 11.7. The monoisotopic (exact) mass is 502 g/mol. The van der Waals surface area contributed by atoms with Crippen molar-refractivity contribution < 1.29 is 14.6 Å². The smallest absolute Gasteiger partial charge is 0.335 e. The van der Waals surface area contributed by atoms with E-state index < -0.39 is 5.97 Å². The Morgan fingerprint density at radius 1 is 0.947 bits per heavy atom. The molecule has 3 heterocycles. The van der Waals surface area contributed by atoms with Crippen LogP contribution in [-0.2, 0) is 13.3 Å². The molecular formula is C29H22N6O3. The number of aromatic carboxylic acids is 1. The first-order valence-electron chi connectivity index (χ1n) is 11.9. The Kier molecular flexibility index (Phi) is 6.07. The number of carbonyl (C=O) groups is 1. The molecule has 0 amide bonds. The first-order valence-corrected chi connectivity index (χ1v) is 11.9. The van der Waals surface area contributed by atoms with E-state index in [2.05, 4.69) is 45.9 Å². The van der Waals surface area contributed by atoms with Gasteiger partial charge in [0.2, 0.25) is 0 Å². The molecule has 6 rings (SSSR count). The number of ether oxygens (including phenoxy) is 1. The lowest BCUT2D eigenvalue weighted by Gasteiger charge is -2.13. The van der Waals surface area contributed by atoms with E-state index >= 15 is 0 Å². The lowest BCUT2D eigenvalue weighted by Crippen LogP contribution is -2.08. The van der Waals surface area contributed by atoms with Crippen molar-refractivity contribution in [2.75, 3.05) is 0 Å². The topological polar surface area (TPSA) is 108 Å². The highest BCUT2D eigenvalue weighted by Gasteiger charge is 2.15. The van der Waals surface area contributed by atoms with Gasteiger partial charge in [0, 0.05) is 23.5 Å². The SMILES string of the molecule is O=C(O)c1cc(OCn2cnnn2)c2c(ccn2Cc2cccc(/C=C/c3ccc4ccccc4n3)c2)c1. The van der Waals surface area contributed by atoms with Crippen LogP contribution in [0.4, 0.5) is 0 Å². The summed E-state index contributed by atoms with van der Waals surface area (Å²) in [6.07, 6.45) is 7.43. The van der Waals surface area contributed by atoms with E-state index in [-0.39, 0.29) is 12.3 Å². The molecule has 0 fully saturated rings. The van der Waals surface area contributed by atoms with Gasteiger partial charge in [0.15, 0.2) is 6.73 Å². The van der Waals surface area contributed by atoms with E-state index in [9.17, 15) is 9.90 Å². The molecule has 0 unspecified atom stereocenters. The zero-order valence-electron chi connectivity index (χ0n) is 20.2. The summed E-state index contributed by atoms with van der Waals surface area (Å²) in [7, 11) is 0. The van der Waals surface area contributed by atoms with E-state index in [1.54, 1.807) is 6.07 Å². The Hall–Kier alpha value is -5.31. The molecule has 0 radical (unpaired) electrons. The number of para-hydroxylation sites is 1. The van der Waals surface area contributed by atoms with Crippen LogP contribution < -0.4 is 4.74 Å². The molecule has 3 aromatic carbocycles. The number of tetrazole rings is 1. The second-order valence-electron chi connectivity index (χ2n) is 8.79. The number of carboxylic acids is 1. The van der Waals surface area contributed by atoms with Crippen LogP contribution in [0.5, 0.6) is 5.75 Å². The van der Waals surface area contributed by atoms with Crippen molar-refractivity contribution in [3.8, 4) is 5.75 Å². The van der Waals surface area contributed by atoms with Crippen molar-refractivity contribution in [3.63, 3.8) is 0 Å². The van der Waals surface area contributed by atoms with Crippen molar-refractivity contribution in [2.45, 2.75) is 13.3 Å². The van der Waals surface area contributed by atoms with E-state index in [1.165, 1.54) is 17.1 Å². The molecule has 1 N–H and O–H groups in total. The van der Waals surface area contributed by atoms with Gasteiger partial charge in [0.25, 0.3) is 0 Å². The first kappa shape index (κ1) is 23.1. The van der Waals surface area contributed by atoms with E-state index in [1.807, 2.05) is 59.3 Å². The fourth-order valence-electron chi connectivity index (χ4n) is 4.40. The number of rotatable bonds is 8. The average Bonchev–Trinajstić information content (AvgIpc) is 3.61. The molecule has 0 aliphatic carbocycles. The second kappa shape index (κ2) is 9.98. The normalized spacial score (nSPS) is 11.5. The number of hydrogen-bond donors (Lipinski definition) is 1. The van der Waals surface area contributed by atoms with Gasteiger partial charge in [-0.1, -0.05) is 48.5 Å². The summed E-state index contributed by atoms with van der Waals surface area (Å²) in [6.45, 7) is 0.631. The summed E-state index contributed by atoms with van der Waals surface area (Å²) in [5, 5.41) is 22.5. The van der Waals surface area contributed by atoms with Crippen LogP contribution in [0.25, 0.3) is 34.0 Å². The molecule has 9 nitrogen and oxygen atoms in total. The van der Waals surface area contributed by atoms with Crippen LogP contribution in [-0.4, -0.2) is 40.8 Å². The molecule has 0 bridgehead atoms. The summed E-state index contributed by atoms with van der Waals surface area (Å²) in [5.74, 6) is -0.578. The van der Waals surface area contributed by atoms with Gasteiger partial charge >= 0.3 is 5.97 Å². The van der Waals surface area contributed by atoms with Crippen molar-refractivity contribution in [1.29, 1.82) is 0 Å². The zero-order chi connectivity index (χ0) is 25.9. The van der Waals surface area contributed by atoms with Crippen molar-refractivity contribution in [1.82, 2.24) is 29.8 Å². The third-order valence-electron chi connectivity index (χ3n) is 6.19. The minimum atomic E-state index is -1.02. The number of benzene rings is 3. The Morgan fingerprint density at radius 3 is 2.74 bits per heavy atom. The van der Waals surface area contributed by atoms with Gasteiger partial charge in [-0.25, -0.2) is 9.78 Å². The van der Waals surface area contributed by atoms with Gasteiger partial charge in [0.05, 0.1) is 22.3 Å². The lowest BCUT2D eigenvalue weighted by molar-refractivity contribution is 0.0696. The fourth-order valence-corrected chi connectivity index (χ4v) is 4.40. The quantitative estimate of drug-likeness (QED) is 0.307. The Labute approximate surface area is 217 Å². The summed E-state index contributed by atoms with van der Waals surface area (Å²) >= 11 is 0. The minimum Gasteiger partial charge on any atom is -0.478 e. The number of hydrogen-bond acceptors (Lipinski definition) is 6. The average molecular weight is 503 g/mol. The molecule has 38 heavy (non-hydrogen) atoms. The summed E-state index contributed by atoms with van der Waals surface area (Å²) in [5.41, 5.74) is 4.94. The van der Waals surface area contributed by atoms with E-state index in [0.717, 1.165) is 38.6 Å². The molecule has 0 aliphatic rings. The number of carboxylic acid groups (broad SMARTS) is 1. The Balaban J connectivity index is 1.27. The molecule has 0 spiro atoms. The molecule has 9 heteroatoms. The van der Waals surface area contributed by atoms with Crippen LogP contribution in [0, 0.1) is 0 Å². The highest BCUT2D eigenvalue weighted by Crippen LogP contribution is 2.30. The summed E-state index contributed by atoms with van der Waals surface area (Å²) in [6, 6.07) is 25.5. The molecule has 186 valence electrons. The largest absolute Gasteiger partial charge is 0.478 e. The molecule has 0 saturated heterocycles. The standard InChI is InChI=1S/C29H22N6O3/c36-29(37)24-15-23-12-13-34(28(23)27(16-24)38-19-35-18-30-32-33-35)17-21-5-3-4-20(14-21)8-10-25-11-9-22-6-1-2-7-26(22)31-25/h1-16,18H,17,19H2,(H,36,37)/b10-8+. The van der Waals surface area contributed by atoms with E-state index in [4.69, 9.17) is 9.72 Å². The maximum atomic E-state index is 11.7. The Bertz CT molecular complexity index is 1790. The van der Waals surface area contributed by atoms with Crippen molar-refractivity contribution in [2.24, 2.45) is 0 Å². The van der Waals surface area contributed by atoms with Crippen LogP contribution in [0.3, 0.4) is 0 Å². The molecule has 3 aromatic heterocycles. The van der Waals surface area contributed by atoms with Gasteiger partial charge in [-0.05, 0) is 64.0 Å². The second-order valence-corrected chi connectivity index (χ2v) is 8.79. The van der Waals surface area contributed by atoms with Gasteiger partial charge in [-0.3, -0.25) is 0 Å².